The number of carbonyl (C=O) groups excluding carboxylic acids is 2. The van der Waals surface area contributed by atoms with Crippen LogP contribution >= 0.6 is 0 Å². The highest BCUT2D eigenvalue weighted by atomic mass is 16.5. The molecule has 0 heterocycles. The van der Waals surface area contributed by atoms with E-state index in [0.717, 1.165) is 44.9 Å². The van der Waals surface area contributed by atoms with E-state index in [1.165, 1.54) is 7.11 Å². The smallest absolute Gasteiger partial charge is 0.305 e. The molecule has 0 aliphatic heterocycles. The second-order valence-electron chi connectivity index (χ2n) is 4.42. The van der Waals surface area contributed by atoms with Crippen molar-refractivity contribution in [3.63, 3.8) is 0 Å². The second-order valence-corrected chi connectivity index (χ2v) is 4.42. The van der Waals surface area contributed by atoms with E-state index in [1.54, 1.807) is 0 Å². The Labute approximate surface area is 110 Å². The molecule has 0 N–H and O–H groups in total. The van der Waals surface area contributed by atoms with Crippen molar-refractivity contribution >= 4 is 11.9 Å². The molecule has 106 valence electrons. The Bertz CT molecular complexity index is 226. The zero-order valence-corrected chi connectivity index (χ0v) is 11.7. The number of hydrogen-bond donors (Lipinski definition) is 0. The average Bonchev–Trinajstić information content (AvgIpc) is 2.38. The Morgan fingerprint density at radius 2 is 1.33 bits per heavy atom. The molecule has 0 bridgehead atoms. The summed E-state index contributed by atoms with van der Waals surface area (Å²) in [5.41, 5.74) is 0. The maximum Gasteiger partial charge on any atom is 0.305 e. The van der Waals surface area contributed by atoms with Crippen LogP contribution in [0.4, 0.5) is 0 Å². The molecule has 0 aliphatic carbocycles. The molecule has 4 heteroatoms. The van der Waals surface area contributed by atoms with Crippen LogP contribution in [-0.4, -0.2) is 25.7 Å². The van der Waals surface area contributed by atoms with Gasteiger partial charge in [-0.2, -0.15) is 0 Å². The summed E-state index contributed by atoms with van der Waals surface area (Å²) in [5.74, 6) is -0.212. The van der Waals surface area contributed by atoms with Gasteiger partial charge in [0.1, 0.15) is 0 Å². The van der Waals surface area contributed by atoms with E-state index in [1.807, 2.05) is 6.92 Å². The molecule has 0 atom stereocenters. The molecular formula is C14H26O4. The summed E-state index contributed by atoms with van der Waals surface area (Å²) in [6, 6.07) is 0. The Morgan fingerprint density at radius 1 is 0.833 bits per heavy atom. The number of carbonyl (C=O) groups is 2. The third kappa shape index (κ3) is 11.4. The maximum absolute atomic E-state index is 11.2. The third-order valence-electron chi connectivity index (χ3n) is 2.71. The molecule has 0 spiro atoms. The quantitative estimate of drug-likeness (QED) is 0.422. The van der Waals surface area contributed by atoms with Crippen molar-refractivity contribution in [1.82, 2.24) is 0 Å². The normalized spacial score (nSPS) is 10.1. The summed E-state index contributed by atoms with van der Waals surface area (Å²) in [7, 11) is 1.42. The zero-order chi connectivity index (χ0) is 13.6. The minimum Gasteiger partial charge on any atom is -0.469 e. The molecule has 4 nitrogen and oxygen atoms in total. The largest absolute Gasteiger partial charge is 0.469 e. The Hall–Kier alpha value is -1.06. The maximum atomic E-state index is 11.2. The lowest BCUT2D eigenvalue weighted by molar-refractivity contribution is -0.144. The van der Waals surface area contributed by atoms with Gasteiger partial charge in [0.2, 0.25) is 0 Å². The molecule has 0 amide bonds. The molecule has 0 saturated heterocycles. The third-order valence-corrected chi connectivity index (χ3v) is 2.71. The van der Waals surface area contributed by atoms with Crippen LogP contribution < -0.4 is 0 Å². The fourth-order valence-electron chi connectivity index (χ4n) is 1.64. The van der Waals surface area contributed by atoms with E-state index < -0.39 is 0 Å². The SMILES string of the molecule is CCCOC(=O)CCCCCCCCC(=O)OC. The topological polar surface area (TPSA) is 52.6 Å². The molecule has 0 saturated carbocycles. The van der Waals surface area contributed by atoms with Crippen LogP contribution in [0.5, 0.6) is 0 Å². The highest BCUT2D eigenvalue weighted by molar-refractivity contribution is 5.69. The zero-order valence-electron chi connectivity index (χ0n) is 11.7. The van der Waals surface area contributed by atoms with Gasteiger partial charge in [0.15, 0.2) is 0 Å². The van der Waals surface area contributed by atoms with Gasteiger partial charge in [-0.25, -0.2) is 0 Å². The molecule has 0 unspecified atom stereocenters. The monoisotopic (exact) mass is 258 g/mol. The van der Waals surface area contributed by atoms with Crippen molar-refractivity contribution < 1.29 is 19.1 Å². The molecule has 0 aliphatic rings. The van der Waals surface area contributed by atoms with Crippen molar-refractivity contribution in [2.24, 2.45) is 0 Å². The fourth-order valence-corrected chi connectivity index (χ4v) is 1.64. The number of rotatable bonds is 11. The van der Waals surface area contributed by atoms with Gasteiger partial charge in [-0.3, -0.25) is 9.59 Å². The van der Waals surface area contributed by atoms with Gasteiger partial charge in [-0.15, -0.1) is 0 Å². The first-order chi connectivity index (χ1) is 8.70. The van der Waals surface area contributed by atoms with E-state index in [2.05, 4.69) is 4.74 Å². The first-order valence-corrected chi connectivity index (χ1v) is 6.93. The summed E-state index contributed by atoms with van der Waals surface area (Å²) in [6.45, 7) is 2.52. The summed E-state index contributed by atoms with van der Waals surface area (Å²) in [5, 5.41) is 0. The number of methoxy groups -OCH3 is 1. The van der Waals surface area contributed by atoms with Crippen molar-refractivity contribution in [3.05, 3.63) is 0 Å². The van der Waals surface area contributed by atoms with E-state index in [4.69, 9.17) is 4.74 Å². The molecule has 0 aromatic rings. The Balaban J connectivity index is 3.16. The molecule has 0 radical (unpaired) electrons. The van der Waals surface area contributed by atoms with Gasteiger partial charge < -0.3 is 9.47 Å². The van der Waals surface area contributed by atoms with Gasteiger partial charge >= 0.3 is 11.9 Å². The summed E-state index contributed by atoms with van der Waals surface area (Å²) in [4.78, 5) is 22.0. The second kappa shape index (κ2) is 12.4. The first kappa shape index (κ1) is 16.9. The van der Waals surface area contributed by atoms with Crippen LogP contribution in [0, 0.1) is 0 Å². The van der Waals surface area contributed by atoms with E-state index in [-0.39, 0.29) is 11.9 Å². The first-order valence-electron chi connectivity index (χ1n) is 6.93. The van der Waals surface area contributed by atoms with Crippen molar-refractivity contribution in [2.75, 3.05) is 13.7 Å². The highest BCUT2D eigenvalue weighted by Gasteiger charge is 2.02. The Kier molecular flexibility index (Phi) is 11.7. The van der Waals surface area contributed by atoms with E-state index in [9.17, 15) is 9.59 Å². The van der Waals surface area contributed by atoms with Crippen LogP contribution in [0.3, 0.4) is 0 Å². The van der Waals surface area contributed by atoms with Gasteiger partial charge in [-0.05, 0) is 19.3 Å². The van der Waals surface area contributed by atoms with Crippen LogP contribution in [0.25, 0.3) is 0 Å². The summed E-state index contributed by atoms with van der Waals surface area (Å²) < 4.78 is 9.55. The molecule has 0 fully saturated rings. The minimum absolute atomic E-state index is 0.0810. The number of ether oxygens (including phenoxy) is 2. The van der Waals surface area contributed by atoms with Crippen molar-refractivity contribution in [2.45, 2.75) is 64.7 Å². The standard InChI is InChI=1S/C14H26O4/c1-3-12-18-14(16)11-9-7-5-4-6-8-10-13(15)17-2/h3-12H2,1-2H3. The average molecular weight is 258 g/mol. The van der Waals surface area contributed by atoms with Crippen LogP contribution in [-0.2, 0) is 19.1 Å². The van der Waals surface area contributed by atoms with Crippen LogP contribution in [0.1, 0.15) is 64.7 Å². The van der Waals surface area contributed by atoms with Crippen LogP contribution in [0.15, 0.2) is 0 Å². The molecule has 0 aromatic heterocycles. The molecule has 0 aromatic carbocycles. The van der Waals surface area contributed by atoms with Crippen molar-refractivity contribution in [3.8, 4) is 0 Å². The lowest BCUT2D eigenvalue weighted by Gasteiger charge is -2.03. The van der Waals surface area contributed by atoms with Gasteiger partial charge in [0.25, 0.3) is 0 Å². The van der Waals surface area contributed by atoms with E-state index >= 15 is 0 Å². The van der Waals surface area contributed by atoms with Gasteiger partial charge in [-0.1, -0.05) is 32.6 Å². The van der Waals surface area contributed by atoms with Gasteiger partial charge in [0, 0.05) is 12.8 Å². The fraction of sp³-hybridized carbons (Fsp3) is 0.857. The number of unbranched alkanes of at least 4 members (excludes halogenated alkanes) is 5. The lowest BCUT2D eigenvalue weighted by atomic mass is 10.1. The molecule has 0 rings (SSSR count). The predicted octanol–water partition coefficient (Wildman–Crippen LogP) is 3.23. The highest BCUT2D eigenvalue weighted by Crippen LogP contribution is 2.09. The lowest BCUT2D eigenvalue weighted by Crippen LogP contribution is -2.04. The predicted molar refractivity (Wildman–Crippen MR) is 70.2 cm³/mol. The van der Waals surface area contributed by atoms with Gasteiger partial charge in [0.05, 0.1) is 13.7 Å². The summed E-state index contributed by atoms with van der Waals surface area (Å²) >= 11 is 0. The Morgan fingerprint density at radius 3 is 1.83 bits per heavy atom. The molecule has 18 heavy (non-hydrogen) atoms. The number of hydrogen-bond acceptors (Lipinski definition) is 4. The molecular weight excluding hydrogens is 232 g/mol. The number of esters is 2. The summed E-state index contributed by atoms with van der Waals surface area (Å²) in [6.07, 6.45) is 8.05. The van der Waals surface area contributed by atoms with Crippen LogP contribution in [0.2, 0.25) is 0 Å². The van der Waals surface area contributed by atoms with Crippen molar-refractivity contribution in [1.29, 1.82) is 0 Å². The minimum atomic E-state index is -0.131. The van der Waals surface area contributed by atoms with E-state index in [0.29, 0.717) is 19.4 Å².